The van der Waals surface area contributed by atoms with Gasteiger partial charge in [-0.15, -0.1) is 0 Å². The van der Waals surface area contributed by atoms with Gasteiger partial charge in [-0.1, -0.05) is 11.8 Å². The number of carbonyl (C=O) groups is 1. The number of amides is 1. The van der Waals surface area contributed by atoms with E-state index in [4.69, 9.17) is 5.73 Å². The van der Waals surface area contributed by atoms with Crippen molar-refractivity contribution in [2.24, 2.45) is 5.73 Å². The molecule has 2 N–H and O–H groups in total. The molecule has 0 saturated heterocycles. The summed E-state index contributed by atoms with van der Waals surface area (Å²) < 4.78 is 0. The topological polar surface area (TPSA) is 56.0 Å². The van der Waals surface area contributed by atoms with Crippen LogP contribution in [-0.2, 0) is 4.79 Å². The predicted molar refractivity (Wildman–Crippen MR) is 48.4 cm³/mol. The highest BCUT2D eigenvalue weighted by Gasteiger charge is 1.87. The Labute approximate surface area is 74.7 Å². The lowest BCUT2D eigenvalue weighted by atomic mass is 10.5. The summed E-state index contributed by atoms with van der Waals surface area (Å²) in [5.74, 6) is -0.434. The minimum absolute atomic E-state index is 0.434. The van der Waals surface area contributed by atoms with Crippen molar-refractivity contribution in [3.05, 3.63) is 36.0 Å². The zero-order valence-electron chi connectivity index (χ0n) is 6.31. The summed E-state index contributed by atoms with van der Waals surface area (Å²) in [5, 5.41) is 1.65. The van der Waals surface area contributed by atoms with Gasteiger partial charge in [-0.25, -0.2) is 0 Å². The molecule has 0 aliphatic rings. The first-order valence-electron chi connectivity index (χ1n) is 3.32. The molecular formula is C8H8N2OS. The molecule has 0 saturated carbocycles. The summed E-state index contributed by atoms with van der Waals surface area (Å²) in [6.07, 6.45) is 4.71. The van der Waals surface area contributed by atoms with Crippen LogP contribution in [0.15, 0.2) is 40.9 Å². The number of nitrogens with zero attached hydrogens (tertiary/aromatic N) is 1. The van der Waals surface area contributed by atoms with Crippen molar-refractivity contribution >= 4 is 17.7 Å². The minimum atomic E-state index is -0.434. The van der Waals surface area contributed by atoms with Crippen LogP contribution in [0, 0.1) is 0 Å². The molecular weight excluding hydrogens is 172 g/mol. The molecule has 1 rings (SSSR count). The monoisotopic (exact) mass is 180 g/mol. The first-order chi connectivity index (χ1) is 5.79. The van der Waals surface area contributed by atoms with Gasteiger partial charge in [0.1, 0.15) is 0 Å². The van der Waals surface area contributed by atoms with E-state index in [-0.39, 0.29) is 0 Å². The Hall–Kier alpha value is -1.29. The maximum Gasteiger partial charge on any atom is 0.241 e. The molecule has 0 fully saturated rings. The van der Waals surface area contributed by atoms with Crippen LogP contribution in [0.3, 0.4) is 0 Å². The quantitative estimate of drug-likeness (QED) is 0.561. The third-order valence-corrected chi connectivity index (χ3v) is 1.90. The van der Waals surface area contributed by atoms with Crippen molar-refractivity contribution in [3.63, 3.8) is 0 Å². The number of aromatic nitrogens is 1. The number of thioether (sulfide) groups is 1. The fourth-order valence-corrected chi connectivity index (χ4v) is 1.23. The van der Waals surface area contributed by atoms with Gasteiger partial charge in [-0.2, -0.15) is 0 Å². The van der Waals surface area contributed by atoms with Gasteiger partial charge in [0.05, 0.1) is 0 Å². The molecule has 3 nitrogen and oxygen atoms in total. The zero-order chi connectivity index (χ0) is 8.81. The van der Waals surface area contributed by atoms with E-state index in [1.54, 1.807) is 17.8 Å². The predicted octanol–water partition coefficient (Wildman–Crippen LogP) is 1.17. The first-order valence-corrected chi connectivity index (χ1v) is 4.19. The Kier molecular flexibility index (Phi) is 3.35. The van der Waals surface area contributed by atoms with Crippen molar-refractivity contribution in [1.29, 1.82) is 0 Å². The molecule has 1 amide bonds. The molecule has 12 heavy (non-hydrogen) atoms. The maximum absolute atomic E-state index is 10.3. The van der Waals surface area contributed by atoms with Crippen LogP contribution in [0.4, 0.5) is 0 Å². The zero-order valence-corrected chi connectivity index (χ0v) is 7.12. The summed E-state index contributed by atoms with van der Waals surface area (Å²) >= 11 is 1.43. The van der Waals surface area contributed by atoms with Crippen LogP contribution in [0.5, 0.6) is 0 Å². The van der Waals surface area contributed by atoms with Crippen molar-refractivity contribution in [3.8, 4) is 0 Å². The molecule has 0 bridgehead atoms. The van der Waals surface area contributed by atoms with Gasteiger partial charge in [-0.3, -0.25) is 9.78 Å². The lowest BCUT2D eigenvalue weighted by Gasteiger charge is -1.91. The Balaban J connectivity index is 2.49. The molecule has 4 heteroatoms. The molecule has 0 aromatic carbocycles. The minimum Gasteiger partial charge on any atom is -0.366 e. The molecule has 0 aliphatic heterocycles. The van der Waals surface area contributed by atoms with E-state index < -0.39 is 5.91 Å². The van der Waals surface area contributed by atoms with E-state index in [9.17, 15) is 4.79 Å². The van der Waals surface area contributed by atoms with E-state index in [0.29, 0.717) is 0 Å². The number of hydrogen-bond donors (Lipinski definition) is 1. The van der Waals surface area contributed by atoms with E-state index in [0.717, 1.165) is 4.90 Å². The Morgan fingerprint density at radius 3 is 2.75 bits per heavy atom. The summed E-state index contributed by atoms with van der Waals surface area (Å²) in [4.78, 5) is 15.2. The fourth-order valence-electron chi connectivity index (χ4n) is 0.596. The van der Waals surface area contributed by atoms with Crippen LogP contribution in [0.25, 0.3) is 0 Å². The van der Waals surface area contributed by atoms with Gasteiger partial charge in [0.15, 0.2) is 0 Å². The van der Waals surface area contributed by atoms with Gasteiger partial charge < -0.3 is 5.73 Å². The lowest BCUT2D eigenvalue weighted by molar-refractivity contribution is -0.113. The van der Waals surface area contributed by atoms with Gasteiger partial charge in [0.2, 0.25) is 5.91 Å². The largest absolute Gasteiger partial charge is 0.366 e. The van der Waals surface area contributed by atoms with E-state index in [1.807, 2.05) is 12.1 Å². The van der Waals surface area contributed by atoms with Crippen LogP contribution >= 0.6 is 11.8 Å². The molecule has 0 unspecified atom stereocenters. The van der Waals surface area contributed by atoms with E-state index in [1.165, 1.54) is 17.8 Å². The van der Waals surface area contributed by atoms with Crippen LogP contribution in [0.1, 0.15) is 0 Å². The number of pyridine rings is 1. The van der Waals surface area contributed by atoms with Gasteiger partial charge in [-0.05, 0) is 17.5 Å². The third-order valence-electron chi connectivity index (χ3n) is 1.09. The number of primary amides is 1. The Morgan fingerprint density at radius 1 is 1.50 bits per heavy atom. The van der Waals surface area contributed by atoms with Crippen LogP contribution in [0.2, 0.25) is 0 Å². The van der Waals surface area contributed by atoms with Crippen molar-refractivity contribution < 1.29 is 4.79 Å². The number of nitrogens with two attached hydrogens (primary N) is 1. The number of rotatable bonds is 3. The third kappa shape index (κ3) is 3.21. The Bertz CT molecular complexity index is 284. The molecule has 0 spiro atoms. The smallest absolute Gasteiger partial charge is 0.241 e. The molecule has 1 aromatic heterocycles. The molecule has 0 radical (unpaired) electrons. The molecule has 1 aromatic rings. The van der Waals surface area contributed by atoms with E-state index >= 15 is 0 Å². The summed E-state index contributed by atoms with van der Waals surface area (Å²) in [7, 11) is 0. The molecule has 62 valence electrons. The normalized spacial score (nSPS) is 10.3. The average molecular weight is 180 g/mol. The Morgan fingerprint density at radius 2 is 2.17 bits per heavy atom. The second-order valence-electron chi connectivity index (χ2n) is 2.01. The van der Waals surface area contributed by atoms with Crippen molar-refractivity contribution in [2.45, 2.75) is 4.90 Å². The van der Waals surface area contributed by atoms with E-state index in [2.05, 4.69) is 4.98 Å². The summed E-state index contributed by atoms with van der Waals surface area (Å²) in [5.41, 5.74) is 4.91. The highest BCUT2D eigenvalue weighted by Crippen LogP contribution is 2.16. The van der Waals surface area contributed by atoms with Crippen molar-refractivity contribution in [2.75, 3.05) is 0 Å². The van der Waals surface area contributed by atoms with Crippen LogP contribution in [-0.4, -0.2) is 10.9 Å². The van der Waals surface area contributed by atoms with Gasteiger partial charge in [0.25, 0.3) is 0 Å². The fraction of sp³-hybridized carbons (Fsp3) is 0. The first kappa shape index (κ1) is 8.80. The maximum atomic E-state index is 10.3. The second-order valence-corrected chi connectivity index (χ2v) is 2.99. The highest BCUT2D eigenvalue weighted by atomic mass is 32.2. The summed E-state index contributed by atoms with van der Waals surface area (Å²) in [6.45, 7) is 0. The van der Waals surface area contributed by atoms with Crippen LogP contribution < -0.4 is 5.73 Å². The number of hydrogen-bond acceptors (Lipinski definition) is 3. The van der Waals surface area contributed by atoms with Gasteiger partial charge >= 0.3 is 0 Å². The second kappa shape index (κ2) is 4.56. The SMILES string of the molecule is NC(=O)/C=C\Sc1ccncc1. The van der Waals surface area contributed by atoms with Gasteiger partial charge in [0, 0.05) is 23.4 Å². The molecule has 0 aliphatic carbocycles. The molecule has 1 heterocycles. The highest BCUT2D eigenvalue weighted by molar-refractivity contribution is 8.02. The lowest BCUT2D eigenvalue weighted by Crippen LogP contribution is -2.04. The number of carbonyl (C=O) groups excluding carboxylic acids is 1. The van der Waals surface area contributed by atoms with Crippen molar-refractivity contribution in [1.82, 2.24) is 4.98 Å². The molecule has 0 atom stereocenters. The standard InChI is InChI=1S/C8H8N2OS/c9-8(11)3-6-12-7-1-4-10-5-2-7/h1-6H,(H2,9,11)/b6-3-. The summed E-state index contributed by atoms with van der Waals surface area (Å²) in [6, 6.07) is 3.71. The average Bonchev–Trinajstić information content (AvgIpc) is 2.05.